The number of aryl methyl sites for hydroxylation is 1. The molecular weight excluding hydrogens is 262 g/mol. The van der Waals surface area contributed by atoms with Gasteiger partial charge in [-0.1, -0.05) is 30.3 Å². The molecule has 102 valence electrons. The Kier molecular flexibility index (Phi) is 3.49. The van der Waals surface area contributed by atoms with Gasteiger partial charge >= 0.3 is 0 Å². The van der Waals surface area contributed by atoms with Crippen LogP contribution in [0.2, 0.25) is 0 Å². The average molecular weight is 281 g/mol. The number of anilines is 1. The number of hydrogen-bond donors (Lipinski definition) is 1. The van der Waals surface area contributed by atoms with E-state index in [1.165, 1.54) is 31.8 Å². The Labute approximate surface area is 124 Å². The molecule has 2 heteroatoms. The highest BCUT2D eigenvalue weighted by Gasteiger charge is 2.10. The second-order valence-corrected chi connectivity index (χ2v) is 6.42. The van der Waals surface area contributed by atoms with Crippen molar-refractivity contribution in [3.05, 3.63) is 64.5 Å². The van der Waals surface area contributed by atoms with Gasteiger partial charge in [-0.15, -0.1) is 11.3 Å². The fourth-order valence-electron chi connectivity index (χ4n) is 2.43. The summed E-state index contributed by atoms with van der Waals surface area (Å²) >= 11 is 1.87. The third-order valence-electron chi connectivity index (χ3n) is 3.85. The molecule has 0 aliphatic rings. The topological polar surface area (TPSA) is 12.0 Å². The minimum absolute atomic E-state index is 0.327. The molecule has 1 heterocycles. The van der Waals surface area contributed by atoms with Crippen LogP contribution in [-0.2, 0) is 0 Å². The molecule has 0 saturated heterocycles. The lowest BCUT2D eigenvalue weighted by Crippen LogP contribution is -2.06. The molecule has 20 heavy (non-hydrogen) atoms. The maximum absolute atomic E-state index is 3.64. The van der Waals surface area contributed by atoms with E-state index in [0.717, 1.165) is 0 Å². The summed E-state index contributed by atoms with van der Waals surface area (Å²) in [7, 11) is 0. The molecule has 2 aromatic carbocycles. The molecule has 1 atom stereocenters. The van der Waals surface area contributed by atoms with Crippen molar-refractivity contribution in [2.24, 2.45) is 0 Å². The molecule has 1 N–H and O–H groups in total. The van der Waals surface area contributed by atoms with Crippen LogP contribution in [0.15, 0.2) is 48.5 Å². The largest absolute Gasteiger partial charge is 0.377 e. The van der Waals surface area contributed by atoms with Crippen molar-refractivity contribution in [3.63, 3.8) is 0 Å². The zero-order chi connectivity index (χ0) is 14.1. The van der Waals surface area contributed by atoms with Gasteiger partial charge in [0.1, 0.15) is 0 Å². The van der Waals surface area contributed by atoms with Crippen LogP contribution in [0.25, 0.3) is 10.1 Å². The van der Waals surface area contributed by atoms with Gasteiger partial charge in [-0.3, -0.25) is 0 Å². The van der Waals surface area contributed by atoms with Gasteiger partial charge in [0.15, 0.2) is 0 Å². The predicted octanol–water partition coefficient (Wildman–Crippen LogP) is 5.69. The van der Waals surface area contributed by atoms with Crippen LogP contribution in [0.1, 0.15) is 29.0 Å². The minimum atomic E-state index is 0.327. The van der Waals surface area contributed by atoms with Crippen molar-refractivity contribution in [1.82, 2.24) is 0 Å². The molecule has 1 aromatic heterocycles. The summed E-state index contributed by atoms with van der Waals surface area (Å²) in [6, 6.07) is 17.6. The Hall–Kier alpha value is -1.80. The second-order valence-electron chi connectivity index (χ2n) is 5.30. The Balaban J connectivity index is 1.89. The van der Waals surface area contributed by atoms with Gasteiger partial charge in [-0.05, 0) is 55.5 Å². The van der Waals surface area contributed by atoms with Gasteiger partial charge in [0.25, 0.3) is 0 Å². The molecule has 0 aliphatic carbocycles. The third kappa shape index (κ3) is 2.44. The molecule has 0 fully saturated rings. The molecule has 3 rings (SSSR count). The van der Waals surface area contributed by atoms with E-state index in [4.69, 9.17) is 0 Å². The highest BCUT2D eigenvalue weighted by molar-refractivity contribution is 7.19. The Morgan fingerprint density at radius 1 is 1.00 bits per heavy atom. The molecule has 0 spiro atoms. The first-order chi connectivity index (χ1) is 9.65. The van der Waals surface area contributed by atoms with Crippen molar-refractivity contribution in [1.29, 1.82) is 0 Å². The van der Waals surface area contributed by atoms with Crippen LogP contribution < -0.4 is 5.32 Å². The monoisotopic (exact) mass is 281 g/mol. The summed E-state index contributed by atoms with van der Waals surface area (Å²) in [5, 5.41) is 4.97. The molecule has 0 saturated carbocycles. The Morgan fingerprint density at radius 3 is 2.60 bits per heavy atom. The van der Waals surface area contributed by atoms with E-state index in [2.05, 4.69) is 74.6 Å². The van der Waals surface area contributed by atoms with Crippen LogP contribution in [-0.4, -0.2) is 0 Å². The SMILES string of the molecule is Cc1cccc(NC(C)c2cc3ccccc3s2)c1C. The Bertz CT molecular complexity index is 709. The smallest absolute Gasteiger partial charge is 0.0579 e. The van der Waals surface area contributed by atoms with Crippen molar-refractivity contribution in [3.8, 4) is 0 Å². The zero-order valence-corrected chi connectivity index (χ0v) is 12.9. The third-order valence-corrected chi connectivity index (χ3v) is 5.15. The average Bonchev–Trinajstić information content (AvgIpc) is 2.88. The lowest BCUT2D eigenvalue weighted by molar-refractivity contribution is 0.905. The van der Waals surface area contributed by atoms with Gasteiger partial charge in [0.2, 0.25) is 0 Å². The van der Waals surface area contributed by atoms with Crippen molar-refractivity contribution < 1.29 is 0 Å². The summed E-state index contributed by atoms with van der Waals surface area (Å²) in [6.45, 7) is 6.56. The first-order valence-corrected chi connectivity index (χ1v) is 7.78. The maximum atomic E-state index is 3.64. The van der Waals surface area contributed by atoms with Crippen molar-refractivity contribution in [2.75, 3.05) is 5.32 Å². The number of benzene rings is 2. The molecule has 0 amide bonds. The predicted molar refractivity (Wildman–Crippen MR) is 89.8 cm³/mol. The van der Waals surface area contributed by atoms with Gasteiger partial charge in [0, 0.05) is 15.3 Å². The quantitative estimate of drug-likeness (QED) is 0.650. The fourth-order valence-corrected chi connectivity index (χ4v) is 3.49. The number of hydrogen-bond acceptors (Lipinski definition) is 2. The Morgan fingerprint density at radius 2 is 1.80 bits per heavy atom. The van der Waals surface area contributed by atoms with Crippen LogP contribution >= 0.6 is 11.3 Å². The van der Waals surface area contributed by atoms with Crippen LogP contribution in [0.3, 0.4) is 0 Å². The number of fused-ring (bicyclic) bond motifs is 1. The van der Waals surface area contributed by atoms with E-state index in [1.807, 2.05) is 11.3 Å². The first-order valence-electron chi connectivity index (χ1n) is 6.96. The van der Waals surface area contributed by atoms with Gasteiger partial charge in [-0.25, -0.2) is 0 Å². The molecule has 1 nitrogen and oxygen atoms in total. The van der Waals surface area contributed by atoms with Gasteiger partial charge in [0.05, 0.1) is 6.04 Å². The zero-order valence-electron chi connectivity index (χ0n) is 12.1. The molecule has 1 unspecified atom stereocenters. The van der Waals surface area contributed by atoms with Crippen LogP contribution in [0, 0.1) is 13.8 Å². The summed E-state index contributed by atoms with van der Waals surface area (Å²) < 4.78 is 1.36. The molecule has 0 radical (unpaired) electrons. The van der Waals surface area contributed by atoms with Crippen LogP contribution in [0.4, 0.5) is 5.69 Å². The van der Waals surface area contributed by atoms with E-state index in [9.17, 15) is 0 Å². The fraction of sp³-hybridized carbons (Fsp3) is 0.222. The number of thiophene rings is 1. The van der Waals surface area contributed by atoms with Crippen molar-refractivity contribution >= 4 is 27.1 Å². The van der Waals surface area contributed by atoms with Gasteiger partial charge in [-0.2, -0.15) is 0 Å². The van der Waals surface area contributed by atoms with Gasteiger partial charge < -0.3 is 5.32 Å². The molecule has 0 aliphatic heterocycles. The van der Waals surface area contributed by atoms with Crippen molar-refractivity contribution in [2.45, 2.75) is 26.8 Å². The molecule has 0 bridgehead atoms. The normalized spacial score (nSPS) is 12.6. The summed E-state index contributed by atoms with van der Waals surface area (Å²) in [5.74, 6) is 0. The molecular formula is C18H19NS. The maximum Gasteiger partial charge on any atom is 0.0579 e. The van der Waals surface area contributed by atoms with E-state index in [1.54, 1.807) is 0 Å². The second kappa shape index (κ2) is 5.29. The highest BCUT2D eigenvalue weighted by atomic mass is 32.1. The van der Waals surface area contributed by atoms with E-state index >= 15 is 0 Å². The van der Waals surface area contributed by atoms with E-state index < -0.39 is 0 Å². The number of nitrogens with one attached hydrogen (secondary N) is 1. The lowest BCUT2D eigenvalue weighted by atomic mass is 10.1. The molecule has 3 aromatic rings. The summed E-state index contributed by atoms with van der Waals surface area (Å²) in [5.41, 5.74) is 3.90. The van der Waals surface area contributed by atoms with E-state index in [-0.39, 0.29) is 0 Å². The van der Waals surface area contributed by atoms with E-state index in [0.29, 0.717) is 6.04 Å². The summed E-state index contributed by atoms with van der Waals surface area (Å²) in [6.07, 6.45) is 0. The first kappa shape index (κ1) is 13.2. The van der Waals surface area contributed by atoms with Crippen LogP contribution in [0.5, 0.6) is 0 Å². The lowest BCUT2D eigenvalue weighted by Gasteiger charge is -2.16. The highest BCUT2D eigenvalue weighted by Crippen LogP contribution is 2.32. The summed E-state index contributed by atoms with van der Waals surface area (Å²) in [4.78, 5) is 1.38. The standard InChI is InChI=1S/C18H19NS/c1-12-7-6-9-16(13(12)2)19-14(3)18-11-15-8-4-5-10-17(15)20-18/h4-11,14,19H,1-3H3. The minimum Gasteiger partial charge on any atom is -0.377 e. The number of rotatable bonds is 3.